The summed E-state index contributed by atoms with van der Waals surface area (Å²) in [4.78, 5) is 0. The van der Waals surface area contributed by atoms with E-state index in [1.807, 2.05) is 54.6 Å². The largest absolute Gasteiger partial charge is 0.206 e. The zero-order chi connectivity index (χ0) is 27.3. The molecule has 0 N–H and O–H groups in total. The Bertz CT molecular complexity index is 1470. The maximum Gasteiger partial charge on any atom is 0.134 e. The lowest BCUT2D eigenvalue weighted by atomic mass is 9.99. The van der Waals surface area contributed by atoms with E-state index in [0.29, 0.717) is 5.39 Å². The molecule has 198 valence electrons. The number of halogens is 1. The summed E-state index contributed by atoms with van der Waals surface area (Å²) in [6.07, 6.45) is 11.7. The fourth-order valence-corrected chi connectivity index (χ4v) is 4.79. The molecular weight excluding hydrogens is 475 g/mol. The second-order valence-corrected chi connectivity index (χ2v) is 10.4. The highest BCUT2D eigenvalue weighted by Gasteiger charge is 2.07. The van der Waals surface area contributed by atoms with E-state index in [-0.39, 0.29) is 5.82 Å². The minimum absolute atomic E-state index is 0.0814. The van der Waals surface area contributed by atoms with Crippen molar-refractivity contribution in [1.82, 2.24) is 0 Å². The topological polar surface area (TPSA) is 0 Å². The third-order valence-electron chi connectivity index (χ3n) is 7.19. The minimum atomic E-state index is -0.0814. The van der Waals surface area contributed by atoms with Crippen LogP contribution < -0.4 is 0 Å². The quantitative estimate of drug-likeness (QED) is 0.146. The normalized spacial score (nSPS) is 10.5. The number of hydrogen-bond acceptors (Lipinski definition) is 0. The van der Waals surface area contributed by atoms with Crippen LogP contribution in [0.3, 0.4) is 0 Å². The smallest absolute Gasteiger partial charge is 0.134 e. The average Bonchev–Trinajstić information content (AvgIpc) is 2.97. The highest BCUT2D eigenvalue weighted by atomic mass is 19.1. The van der Waals surface area contributed by atoms with Crippen molar-refractivity contribution in [3.63, 3.8) is 0 Å². The van der Waals surface area contributed by atoms with E-state index in [1.54, 1.807) is 0 Å². The first kappa shape index (κ1) is 28.2. The van der Waals surface area contributed by atoms with Gasteiger partial charge in [-0.25, -0.2) is 4.39 Å². The molecule has 0 spiro atoms. The zero-order valence-electron chi connectivity index (χ0n) is 23.5. The van der Waals surface area contributed by atoms with Gasteiger partial charge in [0.2, 0.25) is 0 Å². The summed E-state index contributed by atoms with van der Waals surface area (Å²) in [7, 11) is 0. The summed E-state index contributed by atoms with van der Waals surface area (Å²) in [5.74, 6) is 12.9. The lowest BCUT2D eigenvalue weighted by molar-refractivity contribution is 0.595. The van der Waals surface area contributed by atoms with Crippen LogP contribution in [0.4, 0.5) is 4.39 Å². The molecule has 4 aromatic carbocycles. The maximum absolute atomic E-state index is 15.1. The Morgan fingerprint density at radius 1 is 0.513 bits per heavy atom. The summed E-state index contributed by atoms with van der Waals surface area (Å²) in [6, 6.07) is 26.3. The van der Waals surface area contributed by atoms with Crippen molar-refractivity contribution in [1.29, 1.82) is 0 Å². The van der Waals surface area contributed by atoms with Gasteiger partial charge in [-0.3, -0.25) is 0 Å². The number of aryl methyl sites for hydroxylation is 2. The van der Waals surface area contributed by atoms with Crippen molar-refractivity contribution in [3.8, 4) is 23.7 Å². The van der Waals surface area contributed by atoms with Crippen molar-refractivity contribution >= 4 is 10.8 Å². The molecule has 4 aromatic rings. The highest BCUT2D eigenvalue weighted by Crippen LogP contribution is 2.24. The van der Waals surface area contributed by atoms with Crippen molar-refractivity contribution < 1.29 is 4.39 Å². The van der Waals surface area contributed by atoms with Crippen molar-refractivity contribution in [3.05, 3.63) is 118 Å². The summed E-state index contributed by atoms with van der Waals surface area (Å²) in [6.45, 7) is 4.45. The fourth-order valence-electron chi connectivity index (χ4n) is 4.79. The second-order valence-electron chi connectivity index (χ2n) is 10.4. The predicted octanol–water partition coefficient (Wildman–Crippen LogP) is 10.0. The molecule has 0 fully saturated rings. The zero-order valence-corrected chi connectivity index (χ0v) is 23.5. The number of hydrogen-bond donors (Lipinski definition) is 0. The van der Waals surface area contributed by atoms with Crippen LogP contribution in [0.5, 0.6) is 0 Å². The molecule has 0 atom stereocenters. The van der Waals surface area contributed by atoms with Crippen molar-refractivity contribution in [2.75, 3.05) is 0 Å². The van der Waals surface area contributed by atoms with E-state index in [9.17, 15) is 0 Å². The first-order chi connectivity index (χ1) is 19.2. The lowest BCUT2D eigenvalue weighted by Crippen LogP contribution is -1.93. The number of rotatable bonds is 10. The monoisotopic (exact) mass is 514 g/mol. The molecule has 0 aliphatic rings. The van der Waals surface area contributed by atoms with Crippen LogP contribution in [0.1, 0.15) is 98.6 Å². The maximum atomic E-state index is 15.1. The second kappa shape index (κ2) is 15.0. The highest BCUT2D eigenvalue weighted by molar-refractivity contribution is 5.85. The van der Waals surface area contributed by atoms with Crippen LogP contribution in [0, 0.1) is 29.5 Å². The molecule has 0 aliphatic carbocycles. The van der Waals surface area contributed by atoms with Gasteiger partial charge < -0.3 is 0 Å². The predicted molar refractivity (Wildman–Crippen MR) is 164 cm³/mol. The standard InChI is InChI=1S/C38H39F/c1-3-5-7-8-10-12-35-26-27-36-29-34(25-28-37(36)38(35)39)24-23-33-21-19-32(20-22-33)18-17-31-15-13-30(14-16-31)11-9-6-4-2/h13-16,19-22,25-29H,3-12H2,1-2H3. The Balaban J connectivity index is 1.37. The van der Waals surface area contributed by atoms with E-state index in [2.05, 4.69) is 61.8 Å². The van der Waals surface area contributed by atoms with Gasteiger partial charge in [0.1, 0.15) is 5.82 Å². The average molecular weight is 515 g/mol. The molecule has 1 heteroatoms. The third kappa shape index (κ3) is 8.60. The van der Waals surface area contributed by atoms with Gasteiger partial charge in [0.15, 0.2) is 0 Å². The van der Waals surface area contributed by atoms with E-state index >= 15 is 4.39 Å². The molecule has 39 heavy (non-hydrogen) atoms. The molecule has 0 aromatic heterocycles. The minimum Gasteiger partial charge on any atom is -0.206 e. The molecule has 0 heterocycles. The van der Waals surface area contributed by atoms with Crippen LogP contribution in [-0.4, -0.2) is 0 Å². The molecule has 0 radical (unpaired) electrons. The number of unbranched alkanes of at least 4 members (excludes halogenated alkanes) is 6. The SMILES string of the molecule is CCCCCCCc1ccc2cc(C#Cc3ccc(C#Cc4ccc(CCCCC)cc4)cc3)ccc2c1F. The van der Waals surface area contributed by atoms with Crippen LogP contribution >= 0.6 is 0 Å². The van der Waals surface area contributed by atoms with Gasteiger partial charge in [-0.1, -0.05) is 106 Å². The lowest BCUT2D eigenvalue weighted by Gasteiger charge is -2.07. The van der Waals surface area contributed by atoms with Crippen LogP contribution in [-0.2, 0) is 12.8 Å². The molecule has 0 saturated carbocycles. The molecule has 0 unspecified atom stereocenters. The molecular formula is C38H39F. The van der Waals surface area contributed by atoms with Crippen LogP contribution in [0.2, 0.25) is 0 Å². The Labute approximate surface area is 234 Å². The van der Waals surface area contributed by atoms with Gasteiger partial charge in [0.25, 0.3) is 0 Å². The Kier molecular flexibility index (Phi) is 10.8. The molecule has 0 aliphatic heterocycles. The van der Waals surface area contributed by atoms with Crippen molar-refractivity contribution in [2.24, 2.45) is 0 Å². The fraction of sp³-hybridized carbons (Fsp3) is 0.316. The van der Waals surface area contributed by atoms with E-state index < -0.39 is 0 Å². The van der Waals surface area contributed by atoms with Crippen molar-refractivity contribution in [2.45, 2.75) is 78.1 Å². The van der Waals surface area contributed by atoms with Gasteiger partial charge in [-0.05, 0) is 90.7 Å². The Morgan fingerprint density at radius 2 is 1.03 bits per heavy atom. The molecule has 0 amide bonds. The van der Waals surface area contributed by atoms with Gasteiger partial charge in [-0.2, -0.15) is 0 Å². The first-order valence-corrected chi connectivity index (χ1v) is 14.6. The van der Waals surface area contributed by atoms with Gasteiger partial charge >= 0.3 is 0 Å². The number of fused-ring (bicyclic) bond motifs is 1. The molecule has 0 bridgehead atoms. The molecule has 0 saturated heterocycles. The van der Waals surface area contributed by atoms with Gasteiger partial charge in [0, 0.05) is 27.6 Å². The Hall–Kier alpha value is -3.81. The summed E-state index contributed by atoms with van der Waals surface area (Å²) in [5.41, 5.74) is 6.02. The Morgan fingerprint density at radius 3 is 1.67 bits per heavy atom. The third-order valence-corrected chi connectivity index (χ3v) is 7.19. The summed E-state index contributed by atoms with van der Waals surface area (Å²) < 4.78 is 15.1. The van der Waals surface area contributed by atoms with Crippen LogP contribution in [0.25, 0.3) is 10.8 Å². The summed E-state index contributed by atoms with van der Waals surface area (Å²) in [5, 5.41) is 1.58. The van der Waals surface area contributed by atoms with E-state index in [0.717, 1.165) is 52.5 Å². The summed E-state index contributed by atoms with van der Waals surface area (Å²) >= 11 is 0. The van der Waals surface area contributed by atoms with E-state index in [4.69, 9.17) is 0 Å². The van der Waals surface area contributed by atoms with Gasteiger partial charge in [-0.15, -0.1) is 0 Å². The van der Waals surface area contributed by atoms with Crippen LogP contribution in [0.15, 0.2) is 78.9 Å². The van der Waals surface area contributed by atoms with E-state index in [1.165, 1.54) is 50.5 Å². The molecule has 4 rings (SSSR count). The molecule has 0 nitrogen and oxygen atoms in total. The van der Waals surface area contributed by atoms with Gasteiger partial charge in [0.05, 0.1) is 0 Å². The number of benzene rings is 4. The first-order valence-electron chi connectivity index (χ1n) is 14.6.